The van der Waals surface area contributed by atoms with E-state index in [9.17, 15) is 18.9 Å². The van der Waals surface area contributed by atoms with Gasteiger partial charge in [-0.25, -0.2) is 4.57 Å². The van der Waals surface area contributed by atoms with Crippen LogP contribution in [0, 0.1) is 0 Å². The van der Waals surface area contributed by atoms with Crippen LogP contribution < -0.4 is 5.32 Å². The van der Waals surface area contributed by atoms with Crippen LogP contribution in [0.2, 0.25) is 0 Å². The number of carbonyl (C=O) groups excluding carboxylic acids is 3. The molecule has 0 aromatic heterocycles. The summed E-state index contributed by atoms with van der Waals surface area (Å²) in [6.45, 7) is 3.55. The minimum Gasteiger partial charge on any atom is -0.462 e. The van der Waals surface area contributed by atoms with Crippen molar-refractivity contribution in [2.75, 3.05) is 19.8 Å². The van der Waals surface area contributed by atoms with Gasteiger partial charge in [0.1, 0.15) is 6.61 Å². The number of esters is 2. The second-order valence-electron chi connectivity index (χ2n) is 9.51. The van der Waals surface area contributed by atoms with Gasteiger partial charge in [0.2, 0.25) is 5.91 Å². The van der Waals surface area contributed by atoms with E-state index in [-0.39, 0.29) is 25.4 Å². The van der Waals surface area contributed by atoms with E-state index in [1.165, 1.54) is 13.3 Å². The smallest absolute Gasteiger partial charge is 0.462 e. The number of amides is 1. The Labute approximate surface area is 222 Å². The number of unbranched alkanes of at least 4 members (excludes halogenated alkanes) is 13. The van der Waals surface area contributed by atoms with Crippen molar-refractivity contribution in [1.29, 1.82) is 0 Å². The molecule has 0 saturated heterocycles. The molecule has 0 bridgehead atoms. The minimum atomic E-state index is -4.74. The van der Waals surface area contributed by atoms with Gasteiger partial charge < -0.3 is 24.6 Å². The summed E-state index contributed by atoms with van der Waals surface area (Å²) in [5.74, 6) is -0.925. The Morgan fingerprint density at radius 1 is 0.730 bits per heavy atom. The normalized spacial score (nSPS) is 12.2. The summed E-state index contributed by atoms with van der Waals surface area (Å²) < 4.78 is 25.9. The van der Waals surface area contributed by atoms with Crippen LogP contribution in [-0.2, 0) is 32.9 Å². The van der Waals surface area contributed by atoms with E-state index in [2.05, 4.69) is 16.8 Å². The Hall–Kier alpha value is -1.48. The second-order valence-corrected chi connectivity index (χ2v) is 10.8. The standard InChI is InChI=1S/C26H50NO9P/c1-3-4-5-6-12-16-19-26(30)36-24(22-35-37(31,32)33)21-34-25(29)18-15-13-10-8-7-9-11-14-17-20-27-23(2)28/h24H,3-22H2,1-2H3,(H,27,28)(H2,31,32,33)/t24-/m0/s1. The molecule has 0 aliphatic carbocycles. The number of rotatable bonds is 25. The van der Waals surface area contributed by atoms with Gasteiger partial charge in [-0.2, -0.15) is 0 Å². The van der Waals surface area contributed by atoms with Gasteiger partial charge in [0.15, 0.2) is 6.10 Å². The molecule has 0 aromatic carbocycles. The molecule has 0 aromatic rings. The molecule has 0 aliphatic rings. The summed E-state index contributed by atoms with van der Waals surface area (Å²) in [4.78, 5) is 52.8. The summed E-state index contributed by atoms with van der Waals surface area (Å²) in [5.41, 5.74) is 0. The van der Waals surface area contributed by atoms with Crippen LogP contribution in [0.1, 0.15) is 123 Å². The maximum atomic E-state index is 12.1. The van der Waals surface area contributed by atoms with E-state index in [1.54, 1.807) is 0 Å². The van der Waals surface area contributed by atoms with Crippen molar-refractivity contribution >= 4 is 25.7 Å². The Bertz CT molecular complexity index is 654. The molecule has 0 aliphatic heterocycles. The first-order valence-electron chi connectivity index (χ1n) is 13.9. The highest BCUT2D eigenvalue weighted by Crippen LogP contribution is 2.35. The zero-order valence-electron chi connectivity index (χ0n) is 22.9. The van der Waals surface area contributed by atoms with Crippen LogP contribution in [0.15, 0.2) is 0 Å². The summed E-state index contributed by atoms with van der Waals surface area (Å²) in [6, 6.07) is 0. The Morgan fingerprint density at radius 2 is 1.22 bits per heavy atom. The fourth-order valence-electron chi connectivity index (χ4n) is 3.75. The minimum absolute atomic E-state index is 0.0138. The SMILES string of the molecule is CCCCCCCCC(=O)O[C@@H](COC(=O)CCCCCCCCCCCNC(C)=O)COP(=O)(O)O. The van der Waals surface area contributed by atoms with Crippen molar-refractivity contribution in [2.45, 2.75) is 129 Å². The molecular formula is C26H50NO9P. The number of carbonyl (C=O) groups is 3. The molecule has 0 radical (unpaired) electrons. The third kappa shape index (κ3) is 27.4. The number of hydrogen-bond donors (Lipinski definition) is 3. The molecule has 0 spiro atoms. The van der Waals surface area contributed by atoms with Gasteiger partial charge >= 0.3 is 19.8 Å². The average Bonchev–Trinajstić information content (AvgIpc) is 2.83. The molecule has 0 unspecified atom stereocenters. The first-order chi connectivity index (χ1) is 17.6. The first kappa shape index (κ1) is 35.5. The predicted octanol–water partition coefficient (Wildman–Crippen LogP) is 5.34. The van der Waals surface area contributed by atoms with Crippen molar-refractivity contribution in [3.8, 4) is 0 Å². The zero-order valence-corrected chi connectivity index (χ0v) is 23.8. The summed E-state index contributed by atoms with van der Waals surface area (Å²) in [7, 11) is -4.74. The van der Waals surface area contributed by atoms with Crippen molar-refractivity contribution in [3.63, 3.8) is 0 Å². The van der Waals surface area contributed by atoms with E-state index in [0.717, 1.165) is 83.6 Å². The highest BCUT2D eigenvalue weighted by Gasteiger charge is 2.22. The van der Waals surface area contributed by atoms with Gasteiger partial charge in [-0.1, -0.05) is 84.0 Å². The molecule has 0 fully saturated rings. The maximum absolute atomic E-state index is 12.1. The molecule has 10 nitrogen and oxygen atoms in total. The van der Waals surface area contributed by atoms with E-state index >= 15 is 0 Å². The van der Waals surface area contributed by atoms with E-state index in [1.807, 2.05) is 0 Å². The van der Waals surface area contributed by atoms with Gasteiger partial charge in [-0.15, -0.1) is 0 Å². The Balaban J connectivity index is 3.99. The van der Waals surface area contributed by atoms with Gasteiger partial charge in [-0.3, -0.25) is 18.9 Å². The van der Waals surface area contributed by atoms with E-state index < -0.39 is 32.5 Å². The largest absolute Gasteiger partial charge is 0.469 e. The van der Waals surface area contributed by atoms with Crippen molar-refractivity contribution in [2.24, 2.45) is 0 Å². The molecule has 0 rings (SSSR count). The highest BCUT2D eigenvalue weighted by molar-refractivity contribution is 7.46. The number of nitrogens with one attached hydrogen (secondary N) is 1. The quantitative estimate of drug-likeness (QED) is 0.0776. The Morgan fingerprint density at radius 3 is 1.73 bits per heavy atom. The average molecular weight is 552 g/mol. The molecule has 1 atom stereocenters. The lowest BCUT2D eigenvalue weighted by Gasteiger charge is -2.18. The monoisotopic (exact) mass is 551 g/mol. The number of ether oxygens (including phenoxy) is 2. The topological polar surface area (TPSA) is 148 Å². The summed E-state index contributed by atoms with van der Waals surface area (Å²) in [6.07, 6.45) is 14.8. The number of hydrogen-bond acceptors (Lipinski definition) is 7. The lowest BCUT2D eigenvalue weighted by Crippen LogP contribution is -2.29. The second kappa shape index (κ2) is 23.6. The lowest BCUT2D eigenvalue weighted by atomic mass is 10.1. The van der Waals surface area contributed by atoms with E-state index in [4.69, 9.17) is 19.3 Å². The van der Waals surface area contributed by atoms with E-state index in [0.29, 0.717) is 12.8 Å². The molecule has 218 valence electrons. The van der Waals surface area contributed by atoms with Gasteiger partial charge in [0.25, 0.3) is 0 Å². The van der Waals surface area contributed by atoms with Gasteiger partial charge in [-0.05, 0) is 19.3 Å². The zero-order chi connectivity index (χ0) is 27.8. The molecule has 0 saturated carbocycles. The lowest BCUT2D eigenvalue weighted by molar-refractivity contribution is -0.161. The third-order valence-corrected chi connectivity index (χ3v) is 6.31. The van der Waals surface area contributed by atoms with Crippen LogP contribution in [0.3, 0.4) is 0 Å². The van der Waals surface area contributed by atoms with Crippen molar-refractivity contribution < 1.29 is 42.7 Å². The van der Waals surface area contributed by atoms with Crippen molar-refractivity contribution in [3.05, 3.63) is 0 Å². The van der Waals surface area contributed by atoms with Crippen molar-refractivity contribution in [1.82, 2.24) is 5.32 Å². The Kier molecular flexibility index (Phi) is 22.7. The van der Waals surface area contributed by atoms with Gasteiger partial charge in [0.05, 0.1) is 6.61 Å². The fraction of sp³-hybridized carbons (Fsp3) is 0.885. The number of phosphoric ester groups is 1. The molecule has 3 N–H and O–H groups in total. The number of phosphoric acid groups is 1. The van der Waals surface area contributed by atoms with Crippen LogP contribution in [-0.4, -0.2) is 53.5 Å². The predicted molar refractivity (Wildman–Crippen MR) is 142 cm³/mol. The van der Waals surface area contributed by atoms with Crippen LogP contribution >= 0.6 is 7.82 Å². The molecule has 11 heteroatoms. The first-order valence-corrected chi connectivity index (χ1v) is 15.5. The van der Waals surface area contributed by atoms with Gasteiger partial charge in [0, 0.05) is 26.3 Å². The fourth-order valence-corrected chi connectivity index (χ4v) is 4.11. The summed E-state index contributed by atoms with van der Waals surface area (Å²) >= 11 is 0. The maximum Gasteiger partial charge on any atom is 0.469 e. The summed E-state index contributed by atoms with van der Waals surface area (Å²) in [5, 5.41) is 2.79. The van der Waals surface area contributed by atoms with Crippen LogP contribution in [0.4, 0.5) is 0 Å². The molecule has 1 amide bonds. The molecular weight excluding hydrogens is 501 g/mol. The third-order valence-electron chi connectivity index (χ3n) is 5.82. The molecule has 37 heavy (non-hydrogen) atoms. The van der Waals surface area contributed by atoms with Crippen LogP contribution in [0.25, 0.3) is 0 Å². The van der Waals surface area contributed by atoms with Crippen LogP contribution in [0.5, 0.6) is 0 Å². The molecule has 0 heterocycles. The highest BCUT2D eigenvalue weighted by atomic mass is 31.2.